The van der Waals surface area contributed by atoms with Crippen LogP contribution in [0.4, 0.5) is 5.82 Å². The molecule has 0 fully saturated rings. The average molecular weight is 494 g/mol. The highest BCUT2D eigenvalue weighted by atomic mass is 32.2. The minimum absolute atomic E-state index is 0.107. The summed E-state index contributed by atoms with van der Waals surface area (Å²) in [6, 6.07) is 11.6. The minimum Gasteiger partial charge on any atom is -0.310 e. The Morgan fingerprint density at radius 3 is 2.74 bits per heavy atom. The van der Waals surface area contributed by atoms with Gasteiger partial charge in [0, 0.05) is 16.4 Å². The Kier molecular flexibility index (Phi) is 6.07. The molecule has 0 saturated heterocycles. The zero-order valence-corrected chi connectivity index (χ0v) is 21.1. The minimum atomic E-state index is -0.184. The molecule has 2 N–H and O–H groups in total. The molecule has 3 heterocycles. The molecular formula is C25H27N5O2S2. The van der Waals surface area contributed by atoms with Crippen molar-refractivity contribution in [3.8, 4) is 5.69 Å². The van der Waals surface area contributed by atoms with Crippen molar-refractivity contribution in [2.75, 3.05) is 11.1 Å². The van der Waals surface area contributed by atoms with Crippen LogP contribution in [0, 0.1) is 0 Å². The molecule has 0 atom stereocenters. The first-order chi connectivity index (χ1) is 16.3. The molecule has 34 heavy (non-hydrogen) atoms. The van der Waals surface area contributed by atoms with Gasteiger partial charge in [-0.15, -0.1) is 11.3 Å². The number of carbonyl (C=O) groups excluding carboxylic acids is 1. The van der Waals surface area contributed by atoms with E-state index in [2.05, 4.69) is 36.1 Å². The third kappa shape index (κ3) is 4.54. The number of amides is 1. The molecule has 0 radical (unpaired) electrons. The van der Waals surface area contributed by atoms with E-state index < -0.39 is 0 Å². The Balaban J connectivity index is 1.34. The molecule has 3 aromatic heterocycles. The summed E-state index contributed by atoms with van der Waals surface area (Å²) in [6.45, 7) is 6.27. The van der Waals surface area contributed by atoms with Crippen molar-refractivity contribution in [1.82, 2.24) is 19.7 Å². The van der Waals surface area contributed by atoms with Crippen molar-refractivity contribution < 1.29 is 4.79 Å². The molecule has 176 valence electrons. The topological polar surface area (TPSA) is 92.7 Å². The number of para-hydroxylation sites is 1. The maximum Gasteiger partial charge on any atom is 0.260 e. The zero-order valence-electron chi connectivity index (χ0n) is 19.5. The summed E-state index contributed by atoms with van der Waals surface area (Å²) in [5.74, 6) is 0.560. The number of nitrogens with one attached hydrogen (secondary N) is 2. The Hall–Kier alpha value is -2.91. The molecule has 5 rings (SSSR count). The number of aryl methyl sites for hydroxylation is 2. The van der Waals surface area contributed by atoms with Gasteiger partial charge in [-0.25, -0.2) is 9.67 Å². The first-order valence-electron chi connectivity index (χ1n) is 11.4. The van der Waals surface area contributed by atoms with E-state index in [1.807, 2.05) is 36.4 Å². The Labute approximate surface area is 206 Å². The number of carbonyl (C=O) groups is 1. The monoisotopic (exact) mass is 493 g/mol. The van der Waals surface area contributed by atoms with E-state index in [1.165, 1.54) is 16.6 Å². The first-order valence-corrected chi connectivity index (χ1v) is 13.2. The van der Waals surface area contributed by atoms with E-state index in [0.29, 0.717) is 11.0 Å². The second-order valence-corrected chi connectivity index (χ2v) is 11.6. The number of nitrogens with zero attached hydrogens (tertiary/aromatic N) is 3. The molecule has 9 heteroatoms. The summed E-state index contributed by atoms with van der Waals surface area (Å²) >= 11 is 2.85. The normalized spacial score (nSPS) is 13.7. The SMILES string of the molecule is CC(C)(C)c1cc(NC(=O)CSc2nc3sc4c(c3c(=O)[nH]2)CCCC4)n(-c2ccccc2)n1. The van der Waals surface area contributed by atoms with E-state index in [4.69, 9.17) is 5.10 Å². The number of aromatic nitrogens is 4. The summed E-state index contributed by atoms with van der Waals surface area (Å²) in [5.41, 5.74) is 2.66. The number of fused-ring (bicyclic) bond motifs is 3. The van der Waals surface area contributed by atoms with Gasteiger partial charge in [0.2, 0.25) is 5.91 Å². The van der Waals surface area contributed by atoms with Crippen molar-refractivity contribution in [3.05, 3.63) is 62.9 Å². The van der Waals surface area contributed by atoms with Crippen LogP contribution < -0.4 is 10.9 Å². The number of thioether (sulfide) groups is 1. The molecule has 1 aromatic carbocycles. The first kappa shape index (κ1) is 22.9. The maximum atomic E-state index is 12.8. The summed E-state index contributed by atoms with van der Waals surface area (Å²) in [7, 11) is 0. The predicted octanol–water partition coefficient (Wildman–Crippen LogP) is 5.08. The van der Waals surface area contributed by atoms with Gasteiger partial charge < -0.3 is 10.3 Å². The van der Waals surface area contributed by atoms with Crippen LogP contribution in [0.1, 0.15) is 49.7 Å². The van der Waals surface area contributed by atoms with Gasteiger partial charge in [0.25, 0.3) is 5.56 Å². The molecule has 1 aliphatic carbocycles. The highest BCUT2D eigenvalue weighted by Crippen LogP contribution is 2.34. The molecule has 0 aliphatic heterocycles. The van der Waals surface area contributed by atoms with Gasteiger partial charge in [0.1, 0.15) is 10.6 Å². The summed E-state index contributed by atoms with van der Waals surface area (Å²) in [5, 5.41) is 8.93. The molecule has 1 amide bonds. The molecule has 0 spiro atoms. The fraction of sp³-hybridized carbons (Fsp3) is 0.360. The highest BCUT2D eigenvalue weighted by molar-refractivity contribution is 7.99. The summed E-state index contributed by atoms with van der Waals surface area (Å²) in [4.78, 5) is 35.2. The van der Waals surface area contributed by atoms with Crippen LogP contribution in [0.15, 0.2) is 46.3 Å². The molecule has 0 unspecified atom stereocenters. The van der Waals surface area contributed by atoms with Gasteiger partial charge in [0.15, 0.2) is 5.16 Å². The van der Waals surface area contributed by atoms with E-state index in [1.54, 1.807) is 16.0 Å². The smallest absolute Gasteiger partial charge is 0.260 e. The predicted molar refractivity (Wildman–Crippen MR) is 139 cm³/mol. The number of hydrogen-bond donors (Lipinski definition) is 2. The van der Waals surface area contributed by atoms with Crippen LogP contribution in [0.3, 0.4) is 0 Å². The van der Waals surface area contributed by atoms with Crippen molar-refractivity contribution in [1.29, 1.82) is 0 Å². The Morgan fingerprint density at radius 2 is 1.97 bits per heavy atom. The van der Waals surface area contributed by atoms with Crippen LogP contribution in [0.2, 0.25) is 0 Å². The van der Waals surface area contributed by atoms with Gasteiger partial charge >= 0.3 is 0 Å². The average Bonchev–Trinajstić information content (AvgIpc) is 3.40. The number of rotatable bonds is 5. The zero-order chi connectivity index (χ0) is 23.9. The summed E-state index contributed by atoms with van der Waals surface area (Å²) < 4.78 is 1.76. The van der Waals surface area contributed by atoms with E-state index in [0.717, 1.165) is 52.8 Å². The van der Waals surface area contributed by atoms with Crippen molar-refractivity contribution >= 4 is 45.0 Å². The molecule has 0 saturated carbocycles. The molecular weight excluding hydrogens is 466 g/mol. The number of benzene rings is 1. The van der Waals surface area contributed by atoms with Gasteiger partial charge in [0.05, 0.1) is 22.5 Å². The lowest BCUT2D eigenvalue weighted by Crippen LogP contribution is -2.18. The fourth-order valence-corrected chi connectivity index (χ4v) is 6.11. The lowest BCUT2D eigenvalue weighted by molar-refractivity contribution is -0.113. The standard InChI is InChI=1S/C25H27N5O2S2/c1-25(2,3)18-13-19(30(29-18)15-9-5-4-6-10-15)26-20(31)14-33-24-27-22(32)21-16-11-7-8-12-17(16)34-23(21)28-24/h4-6,9-10,13H,7-8,11-12,14H2,1-3H3,(H,26,31)(H,27,28,32). The number of anilines is 1. The van der Waals surface area contributed by atoms with E-state index in [9.17, 15) is 9.59 Å². The molecule has 1 aliphatic rings. The van der Waals surface area contributed by atoms with Crippen molar-refractivity contribution in [2.45, 2.75) is 57.0 Å². The number of hydrogen-bond acceptors (Lipinski definition) is 6. The van der Waals surface area contributed by atoms with Crippen molar-refractivity contribution in [3.63, 3.8) is 0 Å². The highest BCUT2D eigenvalue weighted by Gasteiger charge is 2.22. The Morgan fingerprint density at radius 1 is 1.21 bits per heavy atom. The third-order valence-corrected chi connectivity index (χ3v) is 7.95. The lowest BCUT2D eigenvalue weighted by Gasteiger charge is -2.14. The Bertz CT molecular complexity index is 1410. The van der Waals surface area contributed by atoms with Crippen molar-refractivity contribution in [2.24, 2.45) is 0 Å². The molecule has 0 bridgehead atoms. The van der Waals surface area contributed by atoms with Crippen LogP contribution in [0.5, 0.6) is 0 Å². The maximum absolute atomic E-state index is 12.8. The molecule has 7 nitrogen and oxygen atoms in total. The third-order valence-electron chi connectivity index (χ3n) is 5.89. The van der Waals surface area contributed by atoms with Crippen LogP contribution in [-0.4, -0.2) is 31.4 Å². The second-order valence-electron chi connectivity index (χ2n) is 9.51. The van der Waals surface area contributed by atoms with Gasteiger partial charge in [-0.2, -0.15) is 5.10 Å². The number of H-pyrrole nitrogens is 1. The quantitative estimate of drug-likeness (QED) is 0.299. The van der Waals surface area contributed by atoms with Gasteiger partial charge in [-0.05, 0) is 43.4 Å². The second kappa shape index (κ2) is 9.03. The van der Waals surface area contributed by atoms with Crippen LogP contribution in [-0.2, 0) is 23.1 Å². The van der Waals surface area contributed by atoms with Gasteiger partial charge in [-0.1, -0.05) is 50.7 Å². The lowest BCUT2D eigenvalue weighted by atomic mass is 9.92. The van der Waals surface area contributed by atoms with E-state index >= 15 is 0 Å². The van der Waals surface area contributed by atoms with Gasteiger partial charge in [-0.3, -0.25) is 9.59 Å². The van der Waals surface area contributed by atoms with E-state index in [-0.39, 0.29) is 22.6 Å². The van der Waals surface area contributed by atoms with Crippen LogP contribution >= 0.6 is 23.1 Å². The largest absolute Gasteiger partial charge is 0.310 e. The van der Waals surface area contributed by atoms with Crippen LogP contribution in [0.25, 0.3) is 15.9 Å². The number of aromatic amines is 1. The molecule has 4 aromatic rings. The number of thiophene rings is 1. The fourth-order valence-electron chi connectivity index (χ4n) is 4.13. The summed E-state index contributed by atoms with van der Waals surface area (Å²) in [6.07, 6.45) is 4.24.